The van der Waals surface area contributed by atoms with Gasteiger partial charge in [-0.1, -0.05) is 12.1 Å². The number of halogens is 3. The molecule has 2 aromatic carbocycles. The highest BCUT2D eigenvalue weighted by Gasteiger charge is 2.13. The van der Waals surface area contributed by atoms with Gasteiger partial charge in [-0.2, -0.15) is 5.26 Å². The molecule has 5 heteroatoms. The minimum absolute atomic E-state index is 0.00699. The largest absolute Gasteiger partial charge is 0.454 e. The molecule has 0 N–H and O–H groups in total. The first-order valence-corrected chi connectivity index (χ1v) is 5.77. The number of benzene rings is 2. The van der Waals surface area contributed by atoms with Gasteiger partial charge in [0, 0.05) is 5.56 Å². The Bertz CT molecular complexity index is 657. The third-order valence-corrected chi connectivity index (χ3v) is 2.69. The Balaban J connectivity index is 2.44. The van der Waals surface area contributed by atoms with E-state index in [-0.39, 0.29) is 22.6 Å². The van der Waals surface area contributed by atoms with Gasteiger partial charge in [0.05, 0.1) is 11.6 Å². The van der Waals surface area contributed by atoms with Gasteiger partial charge in [0.2, 0.25) is 0 Å². The lowest BCUT2D eigenvalue weighted by molar-refractivity contribution is 0.151. The van der Waals surface area contributed by atoms with E-state index in [0.717, 1.165) is 12.1 Å². The Hall–Kier alpha value is -2.48. The molecule has 0 aliphatic heterocycles. The Kier molecular flexibility index (Phi) is 3.94. The van der Waals surface area contributed by atoms with Gasteiger partial charge in [0.1, 0.15) is 5.75 Å². The van der Waals surface area contributed by atoms with E-state index in [9.17, 15) is 13.2 Å². The van der Waals surface area contributed by atoms with Crippen molar-refractivity contribution in [3.63, 3.8) is 0 Å². The summed E-state index contributed by atoms with van der Waals surface area (Å²) in [5.41, 5.74) is 0.228. The third kappa shape index (κ3) is 2.91. The quantitative estimate of drug-likeness (QED) is 0.812. The number of hydrogen-bond acceptors (Lipinski definition) is 2. The number of nitrogens with zero attached hydrogens (tertiary/aromatic N) is 1. The highest BCUT2D eigenvalue weighted by molar-refractivity contribution is 5.44. The fourth-order valence-corrected chi connectivity index (χ4v) is 1.74. The van der Waals surface area contributed by atoms with Gasteiger partial charge in [-0.25, -0.2) is 13.2 Å². The molecule has 0 saturated carbocycles. The molecule has 20 heavy (non-hydrogen) atoms. The fourth-order valence-electron chi connectivity index (χ4n) is 1.74. The summed E-state index contributed by atoms with van der Waals surface area (Å²) >= 11 is 0. The van der Waals surface area contributed by atoms with Gasteiger partial charge in [-0.3, -0.25) is 0 Å². The highest BCUT2D eigenvalue weighted by atomic mass is 19.3. The van der Waals surface area contributed by atoms with E-state index in [1.807, 2.05) is 0 Å². The predicted molar refractivity (Wildman–Crippen MR) is 67.3 cm³/mol. The molecule has 0 amide bonds. The monoisotopic (exact) mass is 277 g/mol. The Labute approximate surface area is 114 Å². The molecule has 0 aliphatic rings. The highest BCUT2D eigenvalue weighted by Crippen LogP contribution is 2.31. The number of ether oxygens (including phenoxy) is 1. The Morgan fingerprint density at radius 3 is 2.55 bits per heavy atom. The average Bonchev–Trinajstić information content (AvgIpc) is 2.42. The van der Waals surface area contributed by atoms with E-state index in [2.05, 4.69) is 0 Å². The van der Waals surface area contributed by atoms with E-state index in [4.69, 9.17) is 10.00 Å². The first kappa shape index (κ1) is 13.9. The predicted octanol–water partition coefficient (Wildman–Crippen LogP) is 4.74. The van der Waals surface area contributed by atoms with Gasteiger partial charge >= 0.3 is 0 Å². The first-order valence-electron chi connectivity index (χ1n) is 5.77. The van der Waals surface area contributed by atoms with E-state index in [0.29, 0.717) is 5.56 Å². The van der Waals surface area contributed by atoms with Crippen LogP contribution in [-0.2, 0) is 0 Å². The molecule has 0 fully saturated rings. The van der Waals surface area contributed by atoms with Crippen molar-refractivity contribution >= 4 is 0 Å². The molecule has 0 spiro atoms. The Morgan fingerprint density at radius 1 is 1.20 bits per heavy atom. The van der Waals surface area contributed by atoms with Gasteiger partial charge in [0.15, 0.2) is 11.6 Å². The van der Waals surface area contributed by atoms with Crippen LogP contribution in [0, 0.1) is 24.1 Å². The van der Waals surface area contributed by atoms with Crippen LogP contribution in [0.4, 0.5) is 13.2 Å². The summed E-state index contributed by atoms with van der Waals surface area (Å²) in [5, 5.41) is 8.82. The molecule has 2 rings (SSSR count). The number of hydrogen-bond donors (Lipinski definition) is 0. The summed E-state index contributed by atoms with van der Waals surface area (Å²) in [6, 6.07) is 9.60. The van der Waals surface area contributed by atoms with Crippen molar-refractivity contribution in [2.45, 2.75) is 13.3 Å². The molecule has 0 saturated heterocycles. The van der Waals surface area contributed by atoms with Crippen molar-refractivity contribution in [3.05, 3.63) is 58.9 Å². The number of alkyl halides is 2. The zero-order valence-electron chi connectivity index (χ0n) is 10.5. The minimum atomic E-state index is -2.73. The first-order chi connectivity index (χ1) is 9.51. The minimum Gasteiger partial charge on any atom is -0.454 e. The maximum absolute atomic E-state index is 13.6. The van der Waals surface area contributed by atoms with Crippen LogP contribution in [-0.4, -0.2) is 0 Å². The molecular weight excluding hydrogens is 267 g/mol. The summed E-state index contributed by atoms with van der Waals surface area (Å²) in [6.45, 7) is 1.64. The second kappa shape index (κ2) is 5.66. The van der Waals surface area contributed by atoms with Crippen molar-refractivity contribution in [2.75, 3.05) is 0 Å². The van der Waals surface area contributed by atoms with Crippen LogP contribution in [0.5, 0.6) is 11.5 Å². The molecule has 2 aromatic rings. The Morgan fingerprint density at radius 2 is 1.95 bits per heavy atom. The van der Waals surface area contributed by atoms with E-state index < -0.39 is 12.2 Å². The summed E-state index contributed by atoms with van der Waals surface area (Å²) in [4.78, 5) is 0. The van der Waals surface area contributed by atoms with Crippen LogP contribution in [0.25, 0.3) is 0 Å². The molecule has 0 aromatic heterocycles. The van der Waals surface area contributed by atoms with Crippen LogP contribution >= 0.6 is 0 Å². The summed E-state index contributed by atoms with van der Waals surface area (Å²) in [6.07, 6.45) is -2.73. The smallest absolute Gasteiger partial charge is 0.264 e. The van der Waals surface area contributed by atoms with Crippen molar-refractivity contribution in [3.8, 4) is 17.6 Å². The maximum Gasteiger partial charge on any atom is 0.264 e. The van der Waals surface area contributed by atoms with E-state index in [1.54, 1.807) is 19.1 Å². The third-order valence-electron chi connectivity index (χ3n) is 2.69. The van der Waals surface area contributed by atoms with Crippen LogP contribution in [0.15, 0.2) is 36.4 Å². The fraction of sp³-hybridized carbons (Fsp3) is 0.133. The second-order valence-corrected chi connectivity index (χ2v) is 4.19. The lowest BCUT2D eigenvalue weighted by Gasteiger charge is -2.11. The normalized spacial score (nSPS) is 10.4. The molecule has 0 atom stereocenters. The molecule has 0 radical (unpaired) electrons. The summed E-state index contributed by atoms with van der Waals surface area (Å²) < 4.78 is 44.4. The lowest BCUT2D eigenvalue weighted by Crippen LogP contribution is -1.94. The SMILES string of the molecule is Cc1cccc(F)c1Oc1cc(C#N)cc(C(F)F)c1. The standard InChI is InChI=1S/C15H10F3NO/c1-9-3-2-4-13(16)14(9)20-12-6-10(8-19)5-11(7-12)15(17)18/h2-7,15H,1H3. The van der Waals surface area contributed by atoms with Gasteiger partial charge in [-0.05, 0) is 36.8 Å². The molecule has 0 aliphatic carbocycles. The topological polar surface area (TPSA) is 33.0 Å². The van der Waals surface area contributed by atoms with Crippen LogP contribution in [0.1, 0.15) is 23.1 Å². The zero-order valence-corrected chi connectivity index (χ0v) is 10.5. The maximum atomic E-state index is 13.6. The summed E-state index contributed by atoms with van der Waals surface area (Å²) in [5.74, 6) is -0.624. The van der Waals surface area contributed by atoms with Gasteiger partial charge < -0.3 is 4.74 Å². The van der Waals surface area contributed by atoms with E-state index in [1.165, 1.54) is 18.2 Å². The van der Waals surface area contributed by atoms with Crippen molar-refractivity contribution in [1.29, 1.82) is 5.26 Å². The molecule has 2 nitrogen and oxygen atoms in total. The molecular formula is C15H10F3NO. The molecule has 0 unspecified atom stereocenters. The van der Waals surface area contributed by atoms with Crippen molar-refractivity contribution in [1.82, 2.24) is 0 Å². The average molecular weight is 277 g/mol. The van der Waals surface area contributed by atoms with Crippen molar-refractivity contribution in [2.24, 2.45) is 0 Å². The van der Waals surface area contributed by atoms with E-state index >= 15 is 0 Å². The van der Waals surface area contributed by atoms with Crippen molar-refractivity contribution < 1.29 is 17.9 Å². The van der Waals surface area contributed by atoms with Crippen LogP contribution in [0.3, 0.4) is 0 Å². The molecule has 102 valence electrons. The number of nitriles is 1. The van der Waals surface area contributed by atoms with Gasteiger partial charge in [-0.15, -0.1) is 0 Å². The molecule has 0 heterocycles. The zero-order chi connectivity index (χ0) is 14.7. The number of aryl methyl sites for hydroxylation is 1. The van der Waals surface area contributed by atoms with Gasteiger partial charge in [0.25, 0.3) is 6.43 Å². The van der Waals surface area contributed by atoms with Crippen LogP contribution < -0.4 is 4.74 Å². The lowest BCUT2D eigenvalue weighted by atomic mass is 10.1. The number of rotatable bonds is 3. The number of para-hydroxylation sites is 1. The summed E-state index contributed by atoms with van der Waals surface area (Å²) in [7, 11) is 0. The molecule has 0 bridgehead atoms. The van der Waals surface area contributed by atoms with Crippen LogP contribution in [0.2, 0.25) is 0 Å². The second-order valence-electron chi connectivity index (χ2n) is 4.19.